The van der Waals surface area contributed by atoms with Gasteiger partial charge in [-0.25, -0.2) is 19.0 Å². The third-order valence-corrected chi connectivity index (χ3v) is 3.06. The molecule has 0 radical (unpaired) electrons. The normalized spacial score (nSPS) is 10.1. The van der Waals surface area contributed by atoms with Crippen LogP contribution in [0, 0.1) is 12.7 Å². The summed E-state index contributed by atoms with van der Waals surface area (Å²) in [5.74, 6) is 0.429. The van der Waals surface area contributed by atoms with Crippen molar-refractivity contribution in [2.45, 2.75) is 13.5 Å². The van der Waals surface area contributed by atoms with E-state index in [9.17, 15) is 4.39 Å². The van der Waals surface area contributed by atoms with Gasteiger partial charge in [0.1, 0.15) is 30.0 Å². The molecule has 3 rings (SSSR count). The highest BCUT2D eigenvalue weighted by Crippen LogP contribution is 2.15. The standard InChI is InChI=1S/C15H14FN5.ClH/c1-11-2-5-15(18-7-11)19-8-12-3-4-14(13(16)6-12)21-10-17-9-20-21;/h2-7,9-10H,8H2,1H3,(H,18,19);1H. The number of halogens is 2. The zero-order valence-corrected chi connectivity index (χ0v) is 12.7. The monoisotopic (exact) mass is 319 g/mol. The Hall–Kier alpha value is -2.47. The van der Waals surface area contributed by atoms with Crippen LogP contribution in [0.3, 0.4) is 0 Å². The van der Waals surface area contributed by atoms with Crippen LogP contribution >= 0.6 is 12.4 Å². The van der Waals surface area contributed by atoms with E-state index >= 15 is 0 Å². The Balaban J connectivity index is 0.00000176. The topological polar surface area (TPSA) is 55.6 Å². The number of hydrogen-bond acceptors (Lipinski definition) is 4. The van der Waals surface area contributed by atoms with Crippen LogP contribution in [-0.2, 0) is 6.54 Å². The van der Waals surface area contributed by atoms with Crippen molar-refractivity contribution in [1.29, 1.82) is 0 Å². The fourth-order valence-electron chi connectivity index (χ4n) is 1.94. The molecule has 22 heavy (non-hydrogen) atoms. The Bertz CT molecular complexity index is 728. The van der Waals surface area contributed by atoms with E-state index in [2.05, 4.69) is 20.4 Å². The Morgan fingerprint density at radius 3 is 2.73 bits per heavy atom. The third kappa shape index (κ3) is 3.59. The summed E-state index contributed by atoms with van der Waals surface area (Å²) in [5.41, 5.74) is 2.31. The maximum absolute atomic E-state index is 14.1. The first-order valence-electron chi connectivity index (χ1n) is 6.52. The molecule has 0 saturated carbocycles. The average molecular weight is 320 g/mol. The van der Waals surface area contributed by atoms with Crippen molar-refractivity contribution < 1.29 is 4.39 Å². The molecular formula is C15H15ClFN5. The zero-order valence-electron chi connectivity index (χ0n) is 11.9. The van der Waals surface area contributed by atoms with Gasteiger partial charge in [0.2, 0.25) is 0 Å². The van der Waals surface area contributed by atoms with Gasteiger partial charge in [0, 0.05) is 12.7 Å². The second kappa shape index (κ2) is 7.00. The highest BCUT2D eigenvalue weighted by molar-refractivity contribution is 5.85. The SMILES string of the molecule is Cc1ccc(NCc2ccc(-n3cncn3)c(F)c2)nc1.Cl. The number of aryl methyl sites for hydroxylation is 1. The van der Waals surface area contributed by atoms with Crippen LogP contribution in [0.5, 0.6) is 0 Å². The number of rotatable bonds is 4. The summed E-state index contributed by atoms with van der Waals surface area (Å²) in [5, 5.41) is 7.08. The predicted octanol–water partition coefficient (Wildman–Crippen LogP) is 3.14. The quantitative estimate of drug-likeness (QED) is 0.802. The van der Waals surface area contributed by atoms with Crippen molar-refractivity contribution in [2.24, 2.45) is 0 Å². The average Bonchev–Trinajstić information content (AvgIpc) is 3.01. The van der Waals surface area contributed by atoms with E-state index in [0.29, 0.717) is 12.2 Å². The molecule has 0 aliphatic carbocycles. The molecule has 0 aliphatic rings. The van der Waals surface area contributed by atoms with Crippen LogP contribution in [0.1, 0.15) is 11.1 Å². The number of pyridine rings is 1. The molecule has 0 amide bonds. The van der Waals surface area contributed by atoms with E-state index in [0.717, 1.165) is 16.9 Å². The first kappa shape index (κ1) is 15.9. The lowest BCUT2D eigenvalue weighted by Gasteiger charge is -2.08. The van der Waals surface area contributed by atoms with Crippen LogP contribution in [-0.4, -0.2) is 19.7 Å². The van der Waals surface area contributed by atoms with Gasteiger partial charge < -0.3 is 5.32 Å². The van der Waals surface area contributed by atoms with Crippen molar-refractivity contribution >= 4 is 18.2 Å². The largest absolute Gasteiger partial charge is 0.366 e. The van der Waals surface area contributed by atoms with Gasteiger partial charge in [-0.3, -0.25) is 0 Å². The summed E-state index contributed by atoms with van der Waals surface area (Å²) >= 11 is 0. The van der Waals surface area contributed by atoms with Crippen molar-refractivity contribution in [3.8, 4) is 5.69 Å². The smallest absolute Gasteiger partial charge is 0.149 e. The molecule has 1 N–H and O–H groups in total. The summed E-state index contributed by atoms with van der Waals surface area (Å²) in [6.45, 7) is 2.49. The van der Waals surface area contributed by atoms with Crippen molar-refractivity contribution in [3.63, 3.8) is 0 Å². The minimum atomic E-state index is -0.336. The summed E-state index contributed by atoms with van der Waals surface area (Å²) in [4.78, 5) is 8.06. The Kier molecular flexibility index (Phi) is 5.06. The number of nitrogens with one attached hydrogen (secondary N) is 1. The Morgan fingerprint density at radius 2 is 2.09 bits per heavy atom. The van der Waals surface area contributed by atoms with Gasteiger partial charge >= 0.3 is 0 Å². The molecule has 0 fully saturated rings. The molecular weight excluding hydrogens is 305 g/mol. The molecule has 0 atom stereocenters. The summed E-state index contributed by atoms with van der Waals surface area (Å²) in [6, 6.07) is 8.89. The van der Waals surface area contributed by atoms with Crippen LogP contribution in [0.15, 0.2) is 49.2 Å². The second-order valence-corrected chi connectivity index (χ2v) is 4.70. The third-order valence-electron chi connectivity index (χ3n) is 3.06. The molecule has 114 valence electrons. The lowest BCUT2D eigenvalue weighted by Crippen LogP contribution is -2.04. The number of anilines is 1. The van der Waals surface area contributed by atoms with Crippen molar-refractivity contribution in [3.05, 3.63) is 66.1 Å². The van der Waals surface area contributed by atoms with Crippen LogP contribution in [0.4, 0.5) is 10.2 Å². The van der Waals surface area contributed by atoms with E-state index in [1.807, 2.05) is 25.1 Å². The van der Waals surface area contributed by atoms with Gasteiger partial charge in [-0.15, -0.1) is 12.4 Å². The van der Waals surface area contributed by atoms with E-state index in [1.54, 1.807) is 12.3 Å². The summed E-state index contributed by atoms with van der Waals surface area (Å²) in [7, 11) is 0. The van der Waals surface area contributed by atoms with Gasteiger partial charge in [-0.05, 0) is 36.2 Å². The van der Waals surface area contributed by atoms with Crippen molar-refractivity contribution in [2.75, 3.05) is 5.32 Å². The molecule has 0 spiro atoms. The van der Waals surface area contributed by atoms with Crippen LogP contribution < -0.4 is 5.32 Å². The molecule has 5 nitrogen and oxygen atoms in total. The number of aromatic nitrogens is 4. The molecule has 0 bridgehead atoms. The fraction of sp³-hybridized carbons (Fsp3) is 0.133. The molecule has 3 aromatic rings. The van der Waals surface area contributed by atoms with Gasteiger partial charge in [-0.1, -0.05) is 12.1 Å². The van der Waals surface area contributed by atoms with Gasteiger partial charge in [0.15, 0.2) is 0 Å². The first-order valence-corrected chi connectivity index (χ1v) is 6.52. The molecule has 0 aliphatic heterocycles. The fourth-order valence-corrected chi connectivity index (χ4v) is 1.94. The molecule has 0 saturated heterocycles. The van der Waals surface area contributed by atoms with E-state index in [4.69, 9.17) is 0 Å². The first-order chi connectivity index (χ1) is 10.2. The maximum Gasteiger partial charge on any atom is 0.149 e. The van der Waals surface area contributed by atoms with E-state index in [1.165, 1.54) is 23.4 Å². The van der Waals surface area contributed by atoms with Crippen molar-refractivity contribution in [1.82, 2.24) is 19.7 Å². The second-order valence-electron chi connectivity index (χ2n) is 4.70. The van der Waals surface area contributed by atoms with Crippen LogP contribution in [0.25, 0.3) is 5.69 Å². The van der Waals surface area contributed by atoms with Gasteiger partial charge in [0.05, 0.1) is 0 Å². The highest BCUT2D eigenvalue weighted by Gasteiger charge is 2.06. The molecule has 1 aromatic carbocycles. The Morgan fingerprint density at radius 1 is 1.23 bits per heavy atom. The lowest BCUT2D eigenvalue weighted by atomic mass is 10.2. The summed E-state index contributed by atoms with van der Waals surface area (Å²) in [6.07, 6.45) is 4.63. The predicted molar refractivity (Wildman–Crippen MR) is 84.9 cm³/mol. The number of nitrogens with zero attached hydrogens (tertiary/aromatic N) is 4. The van der Waals surface area contributed by atoms with Gasteiger partial charge in [0.25, 0.3) is 0 Å². The maximum atomic E-state index is 14.1. The van der Waals surface area contributed by atoms with E-state index in [-0.39, 0.29) is 18.2 Å². The summed E-state index contributed by atoms with van der Waals surface area (Å²) < 4.78 is 15.5. The highest BCUT2D eigenvalue weighted by atomic mass is 35.5. The zero-order chi connectivity index (χ0) is 14.7. The van der Waals surface area contributed by atoms with E-state index < -0.39 is 0 Å². The Labute approximate surface area is 133 Å². The number of benzene rings is 1. The number of hydrogen-bond donors (Lipinski definition) is 1. The molecule has 2 aromatic heterocycles. The molecule has 7 heteroatoms. The minimum absolute atomic E-state index is 0. The molecule has 2 heterocycles. The lowest BCUT2D eigenvalue weighted by molar-refractivity contribution is 0.608. The molecule has 0 unspecified atom stereocenters. The van der Waals surface area contributed by atoms with Gasteiger partial charge in [-0.2, -0.15) is 5.10 Å². The van der Waals surface area contributed by atoms with Crippen LogP contribution in [0.2, 0.25) is 0 Å². The minimum Gasteiger partial charge on any atom is -0.366 e.